The molecule has 2 nitrogen and oxygen atoms in total. The molecule has 1 unspecified atom stereocenters. The zero-order valence-electron chi connectivity index (χ0n) is 9.30. The molecule has 1 aliphatic heterocycles. The van der Waals surface area contributed by atoms with Crippen LogP contribution in [0.2, 0.25) is 0 Å². The monoisotopic (exact) mass is 186 g/mol. The Kier molecular flexibility index (Phi) is 3.74. The minimum absolute atomic E-state index is 0.168. The van der Waals surface area contributed by atoms with Crippen molar-refractivity contribution in [1.29, 1.82) is 0 Å². The molecule has 1 fully saturated rings. The van der Waals surface area contributed by atoms with Crippen LogP contribution in [0, 0.1) is 5.92 Å². The zero-order valence-corrected chi connectivity index (χ0v) is 9.30. The molecule has 1 heterocycles. The maximum atomic E-state index is 5.53. The fourth-order valence-electron chi connectivity index (χ4n) is 1.64. The van der Waals surface area contributed by atoms with Crippen LogP contribution in [0.5, 0.6) is 0 Å². The van der Waals surface area contributed by atoms with Gasteiger partial charge in [-0.3, -0.25) is 0 Å². The summed E-state index contributed by atoms with van der Waals surface area (Å²) in [5, 5.41) is 0. The first-order valence-electron chi connectivity index (χ1n) is 5.23. The molecular weight excluding hydrogens is 164 g/mol. The molecule has 0 bridgehead atoms. The third kappa shape index (κ3) is 3.65. The Morgan fingerprint density at radius 1 is 1.38 bits per heavy atom. The molecule has 0 spiro atoms. The van der Waals surface area contributed by atoms with E-state index in [9.17, 15) is 0 Å². The molecule has 0 aliphatic carbocycles. The van der Waals surface area contributed by atoms with Crippen molar-refractivity contribution in [3.05, 3.63) is 0 Å². The van der Waals surface area contributed by atoms with E-state index in [-0.39, 0.29) is 5.60 Å². The average molecular weight is 186 g/mol. The maximum Gasteiger partial charge on any atom is 0.0892 e. The van der Waals surface area contributed by atoms with Gasteiger partial charge in [0.1, 0.15) is 0 Å². The first-order chi connectivity index (χ1) is 6.06. The van der Waals surface area contributed by atoms with E-state index in [0.717, 1.165) is 12.5 Å². The van der Waals surface area contributed by atoms with Crippen LogP contribution in [0.3, 0.4) is 0 Å². The van der Waals surface area contributed by atoms with Crippen LogP contribution in [-0.4, -0.2) is 25.4 Å². The van der Waals surface area contributed by atoms with E-state index < -0.39 is 0 Å². The molecule has 78 valence electrons. The topological polar surface area (TPSA) is 21.8 Å². The van der Waals surface area contributed by atoms with Gasteiger partial charge in [-0.05, 0) is 39.0 Å². The lowest BCUT2D eigenvalue weighted by molar-refractivity contribution is 0.177. The van der Waals surface area contributed by atoms with Crippen LogP contribution in [0.25, 0.3) is 0 Å². The highest BCUT2D eigenvalue weighted by molar-refractivity contribution is 4.94. The number of hydrogen-bond acceptors (Lipinski definition) is 2. The van der Waals surface area contributed by atoms with Gasteiger partial charge < -0.3 is 9.47 Å². The molecule has 1 rings (SSSR count). The number of methoxy groups -OCH3 is 1. The second-order valence-corrected chi connectivity index (χ2v) is 4.67. The lowest BCUT2D eigenvalue weighted by atomic mass is 9.98. The van der Waals surface area contributed by atoms with Gasteiger partial charge in [-0.15, -0.1) is 0 Å². The molecule has 0 saturated carbocycles. The Labute approximate surface area is 81.6 Å². The molecule has 0 aromatic carbocycles. The predicted octanol–water partition coefficient (Wildman–Crippen LogP) is 2.62. The van der Waals surface area contributed by atoms with Crippen molar-refractivity contribution in [2.45, 2.75) is 51.7 Å². The highest BCUT2D eigenvalue weighted by Gasteiger charge is 2.46. The van der Waals surface area contributed by atoms with Crippen molar-refractivity contribution < 1.29 is 9.47 Å². The van der Waals surface area contributed by atoms with E-state index in [1.165, 1.54) is 19.3 Å². The van der Waals surface area contributed by atoms with Crippen LogP contribution >= 0.6 is 0 Å². The van der Waals surface area contributed by atoms with Crippen molar-refractivity contribution in [3.63, 3.8) is 0 Å². The third-order valence-electron chi connectivity index (χ3n) is 2.90. The SMILES string of the molecule is COCC[C@H](C)CCC1OC1(C)C. The summed E-state index contributed by atoms with van der Waals surface area (Å²) in [5.41, 5.74) is 0.168. The van der Waals surface area contributed by atoms with E-state index in [0.29, 0.717) is 6.10 Å². The average Bonchev–Trinajstić information content (AvgIpc) is 2.67. The van der Waals surface area contributed by atoms with Crippen molar-refractivity contribution in [2.24, 2.45) is 5.92 Å². The van der Waals surface area contributed by atoms with Gasteiger partial charge in [0.15, 0.2) is 0 Å². The smallest absolute Gasteiger partial charge is 0.0892 e. The van der Waals surface area contributed by atoms with Crippen LogP contribution in [0.4, 0.5) is 0 Å². The minimum atomic E-state index is 0.168. The Morgan fingerprint density at radius 2 is 2.00 bits per heavy atom. The molecule has 0 amide bonds. The molecule has 0 aromatic rings. The Balaban J connectivity index is 2.00. The van der Waals surface area contributed by atoms with Crippen molar-refractivity contribution in [3.8, 4) is 0 Å². The summed E-state index contributed by atoms with van der Waals surface area (Å²) in [6.45, 7) is 7.50. The first-order valence-corrected chi connectivity index (χ1v) is 5.23. The molecule has 2 heteroatoms. The normalized spacial score (nSPS) is 27.2. The molecule has 0 radical (unpaired) electrons. The maximum absolute atomic E-state index is 5.53. The summed E-state index contributed by atoms with van der Waals surface area (Å²) in [7, 11) is 1.76. The lowest BCUT2D eigenvalue weighted by Crippen LogP contribution is -2.06. The third-order valence-corrected chi connectivity index (χ3v) is 2.90. The second-order valence-electron chi connectivity index (χ2n) is 4.67. The molecule has 1 aliphatic rings. The minimum Gasteiger partial charge on any atom is -0.385 e. The van der Waals surface area contributed by atoms with Gasteiger partial charge in [-0.2, -0.15) is 0 Å². The number of ether oxygens (including phenoxy) is 2. The van der Waals surface area contributed by atoms with E-state index >= 15 is 0 Å². The largest absolute Gasteiger partial charge is 0.385 e. The van der Waals surface area contributed by atoms with Crippen molar-refractivity contribution in [2.75, 3.05) is 13.7 Å². The summed E-state index contributed by atoms with van der Waals surface area (Å²) in [6, 6.07) is 0. The fraction of sp³-hybridized carbons (Fsp3) is 1.00. The first kappa shape index (κ1) is 11.0. The van der Waals surface area contributed by atoms with Gasteiger partial charge in [0.05, 0.1) is 11.7 Å². The number of hydrogen-bond donors (Lipinski definition) is 0. The van der Waals surface area contributed by atoms with Crippen molar-refractivity contribution in [1.82, 2.24) is 0 Å². The van der Waals surface area contributed by atoms with Gasteiger partial charge in [-0.25, -0.2) is 0 Å². The van der Waals surface area contributed by atoms with E-state index in [2.05, 4.69) is 20.8 Å². The molecule has 2 atom stereocenters. The number of rotatable bonds is 6. The Hall–Kier alpha value is -0.0800. The summed E-state index contributed by atoms with van der Waals surface area (Å²) < 4.78 is 10.6. The van der Waals surface area contributed by atoms with E-state index in [1.54, 1.807) is 7.11 Å². The number of epoxide rings is 1. The van der Waals surface area contributed by atoms with E-state index in [1.807, 2.05) is 0 Å². The van der Waals surface area contributed by atoms with Crippen LogP contribution in [0.1, 0.15) is 40.0 Å². The molecule has 13 heavy (non-hydrogen) atoms. The fourth-order valence-corrected chi connectivity index (χ4v) is 1.64. The second kappa shape index (κ2) is 4.43. The van der Waals surface area contributed by atoms with Crippen molar-refractivity contribution >= 4 is 0 Å². The van der Waals surface area contributed by atoms with Gasteiger partial charge in [0.25, 0.3) is 0 Å². The van der Waals surface area contributed by atoms with Gasteiger partial charge in [0, 0.05) is 13.7 Å². The quantitative estimate of drug-likeness (QED) is 0.595. The van der Waals surface area contributed by atoms with Gasteiger partial charge in [0.2, 0.25) is 0 Å². The Bertz CT molecular complexity index is 154. The van der Waals surface area contributed by atoms with Gasteiger partial charge >= 0.3 is 0 Å². The summed E-state index contributed by atoms with van der Waals surface area (Å²) in [4.78, 5) is 0. The molecular formula is C11H22O2. The van der Waals surface area contributed by atoms with Gasteiger partial charge in [-0.1, -0.05) is 6.92 Å². The standard InChI is InChI=1S/C11H22O2/c1-9(7-8-12-4)5-6-10-11(2,3)13-10/h9-10H,5-8H2,1-4H3/t9-,10?/m1/s1. The Morgan fingerprint density at radius 3 is 2.46 bits per heavy atom. The molecule has 0 aromatic heterocycles. The van der Waals surface area contributed by atoms with Crippen LogP contribution < -0.4 is 0 Å². The highest BCUT2D eigenvalue weighted by Crippen LogP contribution is 2.39. The summed E-state index contributed by atoms with van der Waals surface area (Å²) >= 11 is 0. The predicted molar refractivity (Wildman–Crippen MR) is 53.8 cm³/mol. The lowest BCUT2D eigenvalue weighted by Gasteiger charge is -2.09. The van der Waals surface area contributed by atoms with E-state index in [4.69, 9.17) is 9.47 Å². The summed E-state index contributed by atoms with van der Waals surface area (Å²) in [5.74, 6) is 0.764. The van der Waals surface area contributed by atoms with Crippen LogP contribution in [-0.2, 0) is 9.47 Å². The summed E-state index contributed by atoms with van der Waals surface area (Å²) in [6.07, 6.45) is 4.15. The zero-order chi connectivity index (χ0) is 9.90. The molecule has 0 N–H and O–H groups in total. The highest BCUT2D eigenvalue weighted by atomic mass is 16.6. The van der Waals surface area contributed by atoms with Crippen LogP contribution in [0.15, 0.2) is 0 Å². The molecule has 1 saturated heterocycles.